The third-order valence-corrected chi connectivity index (χ3v) is 5.92. The molecule has 3 aromatic rings. The number of aromatic nitrogens is 5. The third-order valence-electron chi connectivity index (χ3n) is 5.02. The SMILES string of the molecule is c1nc(N2CCC(c3nnc4n3CCC4)CC2)c2sccc2n1. The molecule has 1 fully saturated rings. The van der Waals surface area contributed by atoms with Crippen LogP contribution in [0.2, 0.25) is 0 Å². The largest absolute Gasteiger partial charge is 0.355 e. The maximum Gasteiger partial charge on any atom is 0.150 e. The summed E-state index contributed by atoms with van der Waals surface area (Å²) in [5, 5.41) is 10.9. The molecule has 23 heavy (non-hydrogen) atoms. The number of piperidine rings is 1. The summed E-state index contributed by atoms with van der Waals surface area (Å²) in [4.78, 5) is 11.3. The van der Waals surface area contributed by atoms with Crippen molar-refractivity contribution in [3.05, 3.63) is 29.4 Å². The second kappa shape index (κ2) is 5.26. The highest BCUT2D eigenvalue weighted by molar-refractivity contribution is 7.17. The summed E-state index contributed by atoms with van der Waals surface area (Å²) in [5.41, 5.74) is 1.05. The summed E-state index contributed by atoms with van der Waals surface area (Å²) in [5.74, 6) is 4.01. The molecule has 2 aliphatic rings. The smallest absolute Gasteiger partial charge is 0.150 e. The molecular formula is C16H18N6S. The Morgan fingerprint density at radius 2 is 2.00 bits per heavy atom. The van der Waals surface area contributed by atoms with Gasteiger partial charge in [0.15, 0.2) is 0 Å². The molecule has 3 aromatic heterocycles. The van der Waals surface area contributed by atoms with Crippen molar-refractivity contribution in [3.8, 4) is 0 Å². The normalized spacial score (nSPS) is 18.7. The second-order valence-corrected chi connectivity index (χ2v) is 7.24. The lowest BCUT2D eigenvalue weighted by molar-refractivity contribution is 0.466. The second-order valence-electron chi connectivity index (χ2n) is 6.32. The summed E-state index contributed by atoms with van der Waals surface area (Å²) >= 11 is 1.73. The number of nitrogens with zero attached hydrogens (tertiary/aromatic N) is 6. The Balaban J connectivity index is 1.37. The number of anilines is 1. The maximum absolute atomic E-state index is 4.54. The fourth-order valence-corrected chi connectivity index (χ4v) is 4.69. The molecule has 1 saturated heterocycles. The van der Waals surface area contributed by atoms with Crippen molar-refractivity contribution in [3.63, 3.8) is 0 Å². The van der Waals surface area contributed by atoms with Crippen LogP contribution in [-0.4, -0.2) is 37.8 Å². The van der Waals surface area contributed by atoms with Crippen LogP contribution < -0.4 is 4.90 Å². The van der Waals surface area contributed by atoms with Gasteiger partial charge in [-0.2, -0.15) is 0 Å². The Kier molecular flexibility index (Phi) is 3.07. The quantitative estimate of drug-likeness (QED) is 0.724. The van der Waals surface area contributed by atoms with Crippen LogP contribution in [0.15, 0.2) is 17.8 Å². The molecule has 5 heterocycles. The van der Waals surface area contributed by atoms with E-state index in [1.807, 2.05) is 0 Å². The monoisotopic (exact) mass is 326 g/mol. The van der Waals surface area contributed by atoms with Crippen LogP contribution >= 0.6 is 11.3 Å². The van der Waals surface area contributed by atoms with Crippen LogP contribution in [0.5, 0.6) is 0 Å². The lowest BCUT2D eigenvalue weighted by Gasteiger charge is -2.32. The van der Waals surface area contributed by atoms with Gasteiger partial charge in [-0.1, -0.05) is 0 Å². The van der Waals surface area contributed by atoms with Crippen molar-refractivity contribution in [1.82, 2.24) is 24.7 Å². The number of aryl methyl sites for hydroxylation is 1. The highest BCUT2D eigenvalue weighted by atomic mass is 32.1. The van der Waals surface area contributed by atoms with Crippen LogP contribution in [0.3, 0.4) is 0 Å². The zero-order valence-corrected chi connectivity index (χ0v) is 13.7. The number of thiophene rings is 1. The Bertz CT molecular complexity index is 845. The molecular weight excluding hydrogens is 308 g/mol. The molecule has 5 rings (SSSR count). The number of hydrogen-bond acceptors (Lipinski definition) is 6. The van der Waals surface area contributed by atoms with Crippen molar-refractivity contribution in [2.45, 2.75) is 38.1 Å². The highest BCUT2D eigenvalue weighted by Crippen LogP contribution is 2.34. The Morgan fingerprint density at radius 1 is 1.09 bits per heavy atom. The molecule has 0 atom stereocenters. The van der Waals surface area contributed by atoms with E-state index in [9.17, 15) is 0 Å². The molecule has 6 nitrogen and oxygen atoms in total. The highest BCUT2D eigenvalue weighted by Gasteiger charge is 2.28. The molecule has 0 N–H and O–H groups in total. The summed E-state index contributed by atoms with van der Waals surface area (Å²) in [6.45, 7) is 3.15. The molecule has 0 unspecified atom stereocenters. The number of fused-ring (bicyclic) bond motifs is 2. The summed E-state index contributed by atoms with van der Waals surface area (Å²) in [6, 6.07) is 2.07. The zero-order chi connectivity index (χ0) is 15.2. The molecule has 0 aliphatic carbocycles. The first-order chi connectivity index (χ1) is 11.4. The van der Waals surface area contributed by atoms with Crippen molar-refractivity contribution < 1.29 is 0 Å². The van der Waals surface area contributed by atoms with Gasteiger partial charge in [0, 0.05) is 32.0 Å². The minimum atomic E-state index is 0.534. The van der Waals surface area contributed by atoms with Gasteiger partial charge in [0.25, 0.3) is 0 Å². The number of hydrogen-bond donors (Lipinski definition) is 0. The fourth-order valence-electron chi connectivity index (χ4n) is 3.83. The van der Waals surface area contributed by atoms with Gasteiger partial charge in [-0.25, -0.2) is 9.97 Å². The molecule has 0 spiro atoms. The van der Waals surface area contributed by atoms with Crippen molar-refractivity contribution in [1.29, 1.82) is 0 Å². The van der Waals surface area contributed by atoms with Crippen molar-refractivity contribution in [2.24, 2.45) is 0 Å². The van der Waals surface area contributed by atoms with Crippen molar-refractivity contribution in [2.75, 3.05) is 18.0 Å². The molecule has 2 aliphatic heterocycles. The summed E-state index contributed by atoms with van der Waals surface area (Å²) in [6.07, 6.45) is 6.23. The zero-order valence-electron chi connectivity index (χ0n) is 12.9. The lowest BCUT2D eigenvalue weighted by atomic mass is 9.96. The Labute approximate surface area is 138 Å². The first kappa shape index (κ1) is 13.4. The van der Waals surface area contributed by atoms with Crippen LogP contribution in [-0.2, 0) is 13.0 Å². The standard InChI is InChI=1S/C16H18N6S/c1-2-13-19-20-15(22(13)6-1)11-3-7-21(8-4-11)16-14-12(5-9-23-14)17-10-18-16/h5,9-11H,1-4,6-8H2. The van der Waals surface area contributed by atoms with E-state index in [-0.39, 0.29) is 0 Å². The van der Waals surface area contributed by atoms with E-state index in [4.69, 9.17) is 0 Å². The van der Waals surface area contributed by atoms with E-state index in [0.717, 1.165) is 50.2 Å². The van der Waals surface area contributed by atoms with Gasteiger partial charge in [0.2, 0.25) is 0 Å². The summed E-state index contributed by atoms with van der Waals surface area (Å²) < 4.78 is 3.55. The summed E-state index contributed by atoms with van der Waals surface area (Å²) in [7, 11) is 0. The van der Waals surface area contributed by atoms with E-state index < -0.39 is 0 Å². The van der Waals surface area contributed by atoms with Crippen LogP contribution in [0, 0.1) is 0 Å². The molecule has 0 radical (unpaired) electrons. The average Bonchev–Trinajstić information content (AvgIpc) is 3.30. The predicted octanol–water partition coefficient (Wildman–Crippen LogP) is 2.61. The fraction of sp³-hybridized carbons (Fsp3) is 0.500. The average molecular weight is 326 g/mol. The molecule has 0 amide bonds. The van der Waals surface area contributed by atoms with Gasteiger partial charge in [-0.15, -0.1) is 21.5 Å². The molecule has 7 heteroatoms. The van der Waals surface area contributed by atoms with Gasteiger partial charge in [-0.3, -0.25) is 0 Å². The van der Waals surface area contributed by atoms with Gasteiger partial charge >= 0.3 is 0 Å². The van der Waals surface area contributed by atoms with E-state index in [0.29, 0.717) is 5.92 Å². The van der Waals surface area contributed by atoms with E-state index in [2.05, 4.69) is 41.1 Å². The molecule has 0 aromatic carbocycles. The Morgan fingerprint density at radius 3 is 2.91 bits per heavy atom. The van der Waals surface area contributed by atoms with E-state index in [1.165, 1.54) is 22.8 Å². The first-order valence-electron chi connectivity index (χ1n) is 8.25. The van der Waals surface area contributed by atoms with Crippen LogP contribution in [0.25, 0.3) is 10.2 Å². The van der Waals surface area contributed by atoms with Crippen LogP contribution in [0.1, 0.15) is 36.8 Å². The predicted molar refractivity (Wildman–Crippen MR) is 89.9 cm³/mol. The number of rotatable bonds is 2. The first-order valence-corrected chi connectivity index (χ1v) is 9.13. The van der Waals surface area contributed by atoms with Crippen molar-refractivity contribution >= 4 is 27.4 Å². The molecule has 118 valence electrons. The Hall–Kier alpha value is -2.02. The lowest BCUT2D eigenvalue weighted by Crippen LogP contribution is -2.34. The van der Waals surface area contributed by atoms with E-state index in [1.54, 1.807) is 17.7 Å². The third kappa shape index (κ3) is 2.14. The topological polar surface area (TPSA) is 59.7 Å². The maximum atomic E-state index is 4.54. The minimum absolute atomic E-state index is 0.534. The van der Waals surface area contributed by atoms with Crippen LogP contribution in [0.4, 0.5) is 5.82 Å². The minimum Gasteiger partial charge on any atom is -0.355 e. The molecule has 0 saturated carbocycles. The van der Waals surface area contributed by atoms with E-state index >= 15 is 0 Å². The van der Waals surface area contributed by atoms with Gasteiger partial charge in [-0.05, 0) is 30.7 Å². The molecule has 0 bridgehead atoms. The van der Waals surface area contributed by atoms with Gasteiger partial charge in [0.1, 0.15) is 23.8 Å². The van der Waals surface area contributed by atoms with Gasteiger partial charge in [0.05, 0.1) is 10.2 Å². The van der Waals surface area contributed by atoms with Gasteiger partial charge < -0.3 is 9.47 Å².